The molecule has 0 spiro atoms. The van der Waals surface area contributed by atoms with Crippen molar-refractivity contribution in [3.63, 3.8) is 0 Å². The fourth-order valence-electron chi connectivity index (χ4n) is 6.22. The first-order chi connectivity index (χ1) is 20.0. The van der Waals surface area contributed by atoms with E-state index in [1.54, 1.807) is 0 Å². The van der Waals surface area contributed by atoms with Crippen molar-refractivity contribution >= 4 is 68.7 Å². The molecule has 8 bridgehead atoms. The molecule has 0 saturated carbocycles. The van der Waals surface area contributed by atoms with Crippen molar-refractivity contribution in [2.24, 2.45) is 0 Å². The Labute approximate surface area is 274 Å². The van der Waals surface area contributed by atoms with Crippen molar-refractivity contribution in [1.82, 2.24) is 19.9 Å². The zero-order valence-electron chi connectivity index (χ0n) is 26.0. The van der Waals surface area contributed by atoms with Crippen LogP contribution < -0.4 is 0 Å². The summed E-state index contributed by atoms with van der Waals surface area (Å²) in [6.07, 6.45) is 2.39. The van der Waals surface area contributed by atoms with E-state index in [0.29, 0.717) is 18.5 Å². The van der Waals surface area contributed by atoms with Crippen molar-refractivity contribution < 1.29 is 37.2 Å². The van der Waals surface area contributed by atoms with Crippen LogP contribution in [-0.4, -0.2) is 42.1 Å². The van der Waals surface area contributed by atoms with Gasteiger partial charge in [-0.1, -0.05) is 13.8 Å². The van der Waals surface area contributed by atoms with Crippen molar-refractivity contribution in [3.05, 3.63) is 69.3 Å². The van der Waals surface area contributed by atoms with Gasteiger partial charge in [0.1, 0.15) is 0 Å². The molecular formula is C34H39ClCrN4O4. The molecule has 5 heterocycles. The van der Waals surface area contributed by atoms with Crippen LogP contribution >= 0.6 is 12.4 Å². The number of rotatable bonds is 8. The third kappa shape index (κ3) is 6.56. The second kappa shape index (κ2) is 14.0. The van der Waals surface area contributed by atoms with Gasteiger partial charge in [0, 0.05) is 52.3 Å². The third-order valence-corrected chi connectivity index (χ3v) is 8.69. The smallest absolute Gasteiger partial charge is 0.303 e. The number of hydrogen-bond donors (Lipinski definition) is 4. The molecule has 0 saturated heterocycles. The molecule has 3 aromatic rings. The summed E-state index contributed by atoms with van der Waals surface area (Å²) in [5.74, 6) is -1.72. The quantitative estimate of drug-likeness (QED) is 0.194. The standard InChI is InChI=1S/C34H38N4O4.ClH.Cr/c1-7-21-17(3)25-13-26-19(5)23(9-11-33(39)40)31(37-26)16-32-24(10-12-34(41)42)20(6)28(38-32)15-30-22(8-2)18(4)27(36-30)14-29(21)35-25;;/h13-16,36-37H,7-12H2,1-6H3,(H,39,40)(H,41,42);1H;. The van der Waals surface area contributed by atoms with E-state index in [1.165, 1.54) is 16.7 Å². The van der Waals surface area contributed by atoms with Crippen LogP contribution in [0.1, 0.15) is 98.4 Å². The number of aromatic amines is 2. The molecule has 0 fully saturated rings. The van der Waals surface area contributed by atoms with Crippen molar-refractivity contribution in [3.8, 4) is 0 Å². The van der Waals surface area contributed by atoms with E-state index in [-0.39, 0.29) is 42.6 Å². The first-order valence-corrected chi connectivity index (χ1v) is 14.6. The summed E-state index contributed by atoms with van der Waals surface area (Å²) in [5, 5.41) is 18.9. The largest absolute Gasteiger partial charge is 0.481 e. The second-order valence-electron chi connectivity index (χ2n) is 11.2. The summed E-state index contributed by atoms with van der Waals surface area (Å²) in [4.78, 5) is 40.3. The predicted octanol–water partition coefficient (Wildman–Crippen LogP) is 8.07. The monoisotopic (exact) mass is 654 g/mol. The minimum Gasteiger partial charge on any atom is -0.481 e. The molecule has 0 aliphatic carbocycles. The minimum absolute atomic E-state index is 0. The maximum atomic E-state index is 11.5. The Morgan fingerprint density at radius 2 is 1.07 bits per heavy atom. The molecule has 0 amide bonds. The van der Waals surface area contributed by atoms with Gasteiger partial charge < -0.3 is 20.2 Å². The predicted molar refractivity (Wildman–Crippen MR) is 175 cm³/mol. The number of aliphatic carboxylic acids is 2. The van der Waals surface area contributed by atoms with E-state index in [0.717, 1.165) is 79.8 Å². The number of fused-ring (bicyclic) bond motifs is 8. The number of halogens is 1. The second-order valence-corrected chi connectivity index (χ2v) is 11.2. The number of aryl methyl sites for hydroxylation is 4. The van der Waals surface area contributed by atoms with Gasteiger partial charge in [-0.05, 0) is 122 Å². The maximum absolute atomic E-state index is 11.5. The first-order valence-electron chi connectivity index (χ1n) is 14.6. The van der Waals surface area contributed by atoms with Gasteiger partial charge in [-0.25, -0.2) is 9.97 Å². The molecule has 5 rings (SSSR count). The molecule has 232 valence electrons. The summed E-state index contributed by atoms with van der Waals surface area (Å²) in [6.45, 7) is 12.5. The maximum Gasteiger partial charge on any atom is 0.303 e. The summed E-state index contributed by atoms with van der Waals surface area (Å²) in [7, 11) is 0. The van der Waals surface area contributed by atoms with Gasteiger partial charge in [-0.3, -0.25) is 9.59 Å². The Balaban J connectivity index is 0.00000264. The van der Waals surface area contributed by atoms with E-state index >= 15 is 0 Å². The molecule has 0 aromatic carbocycles. The van der Waals surface area contributed by atoms with Crippen molar-refractivity contribution in [2.45, 2.75) is 80.1 Å². The van der Waals surface area contributed by atoms with E-state index in [4.69, 9.17) is 9.97 Å². The number of aromatic nitrogens is 4. The van der Waals surface area contributed by atoms with Crippen LogP contribution in [0.4, 0.5) is 0 Å². The average molecular weight is 655 g/mol. The van der Waals surface area contributed by atoms with Crippen molar-refractivity contribution in [1.29, 1.82) is 0 Å². The van der Waals surface area contributed by atoms with Crippen LogP contribution in [0.15, 0.2) is 24.3 Å². The van der Waals surface area contributed by atoms with Crippen LogP contribution in [0.25, 0.3) is 44.4 Å². The van der Waals surface area contributed by atoms with E-state index in [9.17, 15) is 19.8 Å². The van der Waals surface area contributed by atoms with Crippen LogP contribution in [-0.2, 0) is 39.8 Å². The Bertz CT molecular complexity index is 1870. The summed E-state index contributed by atoms with van der Waals surface area (Å²) < 4.78 is 0. The molecule has 8 nitrogen and oxygen atoms in total. The fourth-order valence-corrected chi connectivity index (χ4v) is 6.22. The molecule has 3 aromatic heterocycles. The van der Waals surface area contributed by atoms with Crippen LogP contribution in [0.5, 0.6) is 0 Å². The molecule has 0 radical (unpaired) electrons. The summed E-state index contributed by atoms with van der Waals surface area (Å²) in [6, 6.07) is 8.19. The molecule has 10 heteroatoms. The summed E-state index contributed by atoms with van der Waals surface area (Å²) >= 11 is 0. The van der Waals surface area contributed by atoms with Gasteiger partial charge >= 0.3 is 11.9 Å². The third-order valence-electron chi connectivity index (χ3n) is 8.69. The number of H-pyrrole nitrogens is 2. The van der Waals surface area contributed by atoms with Crippen LogP contribution in [0.2, 0.25) is 0 Å². The van der Waals surface area contributed by atoms with Gasteiger partial charge in [-0.2, -0.15) is 0 Å². The Morgan fingerprint density at radius 3 is 1.61 bits per heavy atom. The van der Waals surface area contributed by atoms with Crippen LogP contribution in [0, 0.1) is 13.8 Å². The van der Waals surface area contributed by atoms with Gasteiger partial charge in [-0.15, -0.1) is 12.4 Å². The number of allylic oxidation sites excluding steroid dienone is 4. The first kappa shape index (κ1) is 34.8. The van der Waals surface area contributed by atoms with Crippen molar-refractivity contribution in [2.75, 3.05) is 0 Å². The molecule has 2 aliphatic rings. The number of hydrogen-bond acceptors (Lipinski definition) is 4. The van der Waals surface area contributed by atoms with Gasteiger partial charge in [0.15, 0.2) is 0 Å². The number of nitrogens with zero attached hydrogens (tertiary/aromatic N) is 2. The minimum atomic E-state index is -0.864. The molecule has 0 atom stereocenters. The van der Waals surface area contributed by atoms with Crippen LogP contribution in [0.3, 0.4) is 0 Å². The number of carboxylic acid groups (broad SMARTS) is 2. The molecule has 2 aliphatic heterocycles. The van der Waals surface area contributed by atoms with Gasteiger partial charge in [0.05, 0.1) is 22.8 Å². The van der Waals surface area contributed by atoms with E-state index in [2.05, 4.69) is 49.8 Å². The SMILES string of the molecule is CCC1=C(C)c2cc3[nH]c(cc4nc(cc5[nH]c(cc1n2)c(C)c5CC)C(C)=C4CCC(=O)O)c(CCC(=O)O)c3C.Cl.[Cr]. The van der Waals surface area contributed by atoms with E-state index in [1.807, 2.05) is 26.0 Å². The number of carbonyl (C=O) groups is 2. The Hall–Kier alpha value is -3.64. The topological polar surface area (TPSA) is 132 Å². The molecular weight excluding hydrogens is 616 g/mol. The fraction of sp³-hybridized carbons (Fsp3) is 0.353. The zero-order chi connectivity index (χ0) is 30.3. The normalized spacial score (nSPS) is 12.7. The van der Waals surface area contributed by atoms with Gasteiger partial charge in [0.25, 0.3) is 0 Å². The Morgan fingerprint density at radius 1 is 0.636 bits per heavy atom. The molecule has 44 heavy (non-hydrogen) atoms. The van der Waals surface area contributed by atoms with Gasteiger partial charge in [0.2, 0.25) is 0 Å². The van der Waals surface area contributed by atoms with E-state index < -0.39 is 11.9 Å². The average Bonchev–Trinajstić information content (AvgIpc) is 3.59. The molecule has 0 unspecified atom stereocenters. The number of nitrogens with one attached hydrogen (secondary N) is 2. The Kier molecular flexibility index (Phi) is 11.1. The molecule has 4 N–H and O–H groups in total. The summed E-state index contributed by atoms with van der Waals surface area (Å²) in [5.41, 5.74) is 15.4. The zero-order valence-corrected chi connectivity index (χ0v) is 28.1. The number of carboxylic acids is 2.